The van der Waals surface area contributed by atoms with Gasteiger partial charge in [0, 0.05) is 24.3 Å². The predicted molar refractivity (Wildman–Crippen MR) is 75.3 cm³/mol. The number of hydrogen-bond acceptors (Lipinski definition) is 4. The number of rotatable bonds is 3. The van der Waals surface area contributed by atoms with Gasteiger partial charge in [0.05, 0.1) is 0 Å². The number of nitrogens with two attached hydrogens (primary N) is 1. The third-order valence-electron chi connectivity index (χ3n) is 3.84. The molecule has 1 aromatic heterocycles. The van der Waals surface area contributed by atoms with Crippen molar-refractivity contribution in [3.63, 3.8) is 0 Å². The third kappa shape index (κ3) is 3.43. The molecule has 0 aliphatic carbocycles. The highest BCUT2D eigenvalue weighted by Crippen LogP contribution is 2.18. The van der Waals surface area contributed by atoms with E-state index in [1.165, 1.54) is 25.8 Å². The Morgan fingerprint density at radius 1 is 1.39 bits per heavy atom. The van der Waals surface area contributed by atoms with Gasteiger partial charge < -0.3 is 10.6 Å². The van der Waals surface area contributed by atoms with Crippen LogP contribution in [0.25, 0.3) is 0 Å². The van der Waals surface area contributed by atoms with Crippen LogP contribution in [0, 0.1) is 0 Å². The predicted octanol–water partition coefficient (Wildman–Crippen LogP) is 1.58. The van der Waals surface area contributed by atoms with Crippen molar-refractivity contribution in [1.29, 1.82) is 0 Å². The van der Waals surface area contributed by atoms with Gasteiger partial charge in [-0.15, -0.1) is 0 Å². The molecule has 100 valence electrons. The van der Waals surface area contributed by atoms with E-state index in [2.05, 4.69) is 34.9 Å². The molecule has 1 aromatic rings. The van der Waals surface area contributed by atoms with Gasteiger partial charge in [-0.25, -0.2) is 4.98 Å². The second kappa shape index (κ2) is 6.16. The maximum atomic E-state index is 5.91. The number of nitrogen functional groups attached to an aromatic ring is 1. The second-order valence-corrected chi connectivity index (χ2v) is 5.37. The summed E-state index contributed by atoms with van der Waals surface area (Å²) in [6.45, 7) is 3.25. The molecule has 2 N–H and O–H groups in total. The lowest BCUT2D eigenvalue weighted by atomic mass is 10.1. The van der Waals surface area contributed by atoms with Crippen molar-refractivity contribution in [1.82, 2.24) is 14.8 Å². The first-order chi connectivity index (χ1) is 8.66. The van der Waals surface area contributed by atoms with Gasteiger partial charge in [0.25, 0.3) is 0 Å². The van der Waals surface area contributed by atoms with Crippen LogP contribution in [-0.4, -0.2) is 48.0 Å². The van der Waals surface area contributed by atoms with Crippen molar-refractivity contribution in [3.05, 3.63) is 23.9 Å². The van der Waals surface area contributed by atoms with E-state index in [1.807, 2.05) is 6.07 Å². The third-order valence-corrected chi connectivity index (χ3v) is 3.84. The van der Waals surface area contributed by atoms with Crippen LogP contribution >= 0.6 is 0 Å². The zero-order chi connectivity index (χ0) is 13.0. The molecule has 4 nitrogen and oxygen atoms in total. The van der Waals surface area contributed by atoms with E-state index in [4.69, 9.17) is 5.73 Å². The fourth-order valence-electron chi connectivity index (χ4n) is 2.64. The molecular formula is C14H24N4. The highest BCUT2D eigenvalue weighted by Gasteiger charge is 2.18. The minimum Gasteiger partial charge on any atom is -0.383 e. The molecule has 1 atom stereocenters. The molecule has 1 aliphatic heterocycles. The quantitative estimate of drug-likeness (QED) is 0.882. The fourth-order valence-corrected chi connectivity index (χ4v) is 2.64. The number of pyridine rings is 1. The zero-order valence-electron chi connectivity index (χ0n) is 11.5. The summed E-state index contributed by atoms with van der Waals surface area (Å²) in [6, 6.07) is 4.77. The summed E-state index contributed by atoms with van der Waals surface area (Å²) in [7, 11) is 4.36. The summed E-state index contributed by atoms with van der Waals surface area (Å²) in [4.78, 5) is 9.00. The Bertz CT molecular complexity index is 378. The van der Waals surface area contributed by atoms with Gasteiger partial charge in [0.15, 0.2) is 0 Å². The number of likely N-dealkylation sites (tertiary alicyclic amines) is 1. The first-order valence-corrected chi connectivity index (χ1v) is 6.75. The monoisotopic (exact) mass is 248 g/mol. The molecule has 0 amide bonds. The van der Waals surface area contributed by atoms with Crippen LogP contribution in [0.15, 0.2) is 18.3 Å². The molecule has 4 heteroatoms. The topological polar surface area (TPSA) is 45.4 Å². The SMILES string of the molecule is CN(C)C1CCCN(Cc2cccnc2N)CC1. The zero-order valence-corrected chi connectivity index (χ0v) is 11.5. The molecule has 1 aliphatic rings. The summed E-state index contributed by atoms with van der Waals surface area (Å²) in [5.74, 6) is 0.672. The molecule has 1 unspecified atom stereocenters. The van der Waals surface area contributed by atoms with Crippen LogP contribution in [-0.2, 0) is 6.54 Å². The average molecular weight is 248 g/mol. The molecule has 0 radical (unpaired) electrons. The Morgan fingerprint density at radius 3 is 2.94 bits per heavy atom. The highest BCUT2D eigenvalue weighted by molar-refractivity contribution is 5.38. The maximum Gasteiger partial charge on any atom is 0.127 e. The minimum absolute atomic E-state index is 0.672. The number of nitrogens with zero attached hydrogens (tertiary/aromatic N) is 3. The average Bonchev–Trinajstić information content (AvgIpc) is 2.58. The lowest BCUT2D eigenvalue weighted by molar-refractivity contribution is 0.245. The summed E-state index contributed by atoms with van der Waals surface area (Å²) in [5.41, 5.74) is 7.06. The summed E-state index contributed by atoms with van der Waals surface area (Å²) in [6.07, 6.45) is 5.56. The van der Waals surface area contributed by atoms with Gasteiger partial charge in [-0.1, -0.05) is 6.07 Å². The standard InChI is InChI=1S/C14H24N4/c1-17(2)13-6-4-9-18(10-7-13)11-12-5-3-8-16-14(12)15/h3,5,8,13H,4,6-7,9-11H2,1-2H3,(H2,15,16). The van der Waals surface area contributed by atoms with Crippen LogP contribution in [0.3, 0.4) is 0 Å². The summed E-state index contributed by atoms with van der Waals surface area (Å²) >= 11 is 0. The van der Waals surface area contributed by atoms with Gasteiger partial charge in [0.2, 0.25) is 0 Å². The van der Waals surface area contributed by atoms with Crippen molar-refractivity contribution < 1.29 is 0 Å². The van der Waals surface area contributed by atoms with Crippen LogP contribution in [0.4, 0.5) is 5.82 Å². The van der Waals surface area contributed by atoms with E-state index in [9.17, 15) is 0 Å². The maximum absolute atomic E-state index is 5.91. The molecular weight excluding hydrogens is 224 g/mol. The van der Waals surface area contributed by atoms with E-state index >= 15 is 0 Å². The van der Waals surface area contributed by atoms with E-state index in [-0.39, 0.29) is 0 Å². The molecule has 2 heterocycles. The van der Waals surface area contributed by atoms with Crippen molar-refractivity contribution in [2.45, 2.75) is 31.8 Å². The smallest absolute Gasteiger partial charge is 0.127 e. The first kappa shape index (κ1) is 13.3. The molecule has 1 fully saturated rings. The van der Waals surface area contributed by atoms with Gasteiger partial charge in [0.1, 0.15) is 5.82 Å². The molecule has 0 saturated carbocycles. The Balaban J connectivity index is 1.93. The number of anilines is 1. The van der Waals surface area contributed by atoms with E-state index in [0.717, 1.165) is 24.7 Å². The van der Waals surface area contributed by atoms with E-state index in [1.54, 1.807) is 6.20 Å². The Labute approximate surface area is 110 Å². The van der Waals surface area contributed by atoms with Gasteiger partial charge in [-0.05, 0) is 52.5 Å². The molecule has 2 rings (SSSR count). The van der Waals surface area contributed by atoms with Crippen molar-refractivity contribution in [3.8, 4) is 0 Å². The normalized spacial score (nSPS) is 22.1. The molecule has 0 aromatic carbocycles. The van der Waals surface area contributed by atoms with Crippen LogP contribution < -0.4 is 5.73 Å². The van der Waals surface area contributed by atoms with Crippen molar-refractivity contribution >= 4 is 5.82 Å². The Hall–Kier alpha value is -1.13. The minimum atomic E-state index is 0.672. The largest absolute Gasteiger partial charge is 0.383 e. The second-order valence-electron chi connectivity index (χ2n) is 5.37. The molecule has 0 spiro atoms. The summed E-state index contributed by atoms with van der Waals surface area (Å²) in [5, 5.41) is 0. The lowest BCUT2D eigenvalue weighted by Crippen LogP contribution is -2.30. The van der Waals surface area contributed by atoms with Crippen LogP contribution in [0.1, 0.15) is 24.8 Å². The lowest BCUT2D eigenvalue weighted by Gasteiger charge is -2.23. The molecule has 0 bridgehead atoms. The Kier molecular flexibility index (Phi) is 4.55. The van der Waals surface area contributed by atoms with Crippen LogP contribution in [0.2, 0.25) is 0 Å². The van der Waals surface area contributed by atoms with Gasteiger partial charge >= 0.3 is 0 Å². The van der Waals surface area contributed by atoms with Crippen LogP contribution in [0.5, 0.6) is 0 Å². The van der Waals surface area contributed by atoms with Gasteiger partial charge in [-0.3, -0.25) is 4.90 Å². The van der Waals surface area contributed by atoms with E-state index < -0.39 is 0 Å². The number of hydrogen-bond donors (Lipinski definition) is 1. The van der Waals surface area contributed by atoms with Crippen molar-refractivity contribution in [2.75, 3.05) is 32.9 Å². The van der Waals surface area contributed by atoms with Crippen molar-refractivity contribution in [2.24, 2.45) is 0 Å². The Morgan fingerprint density at radius 2 is 2.22 bits per heavy atom. The van der Waals surface area contributed by atoms with E-state index in [0.29, 0.717) is 5.82 Å². The highest BCUT2D eigenvalue weighted by atomic mass is 15.2. The van der Waals surface area contributed by atoms with Gasteiger partial charge in [-0.2, -0.15) is 0 Å². The molecule has 18 heavy (non-hydrogen) atoms. The number of aromatic nitrogens is 1. The fraction of sp³-hybridized carbons (Fsp3) is 0.643. The molecule has 1 saturated heterocycles. The first-order valence-electron chi connectivity index (χ1n) is 6.75. The summed E-state index contributed by atoms with van der Waals surface area (Å²) < 4.78 is 0.